The van der Waals surface area contributed by atoms with Gasteiger partial charge in [-0.1, -0.05) is 18.2 Å². The second-order valence-corrected chi connectivity index (χ2v) is 6.07. The molecule has 2 heterocycles. The Bertz CT molecular complexity index is 995. The van der Waals surface area contributed by atoms with Crippen LogP contribution in [0.5, 0.6) is 0 Å². The number of amides is 1. The Hall–Kier alpha value is -3.49. The Kier molecular flexibility index (Phi) is 5.02. The molecule has 2 N–H and O–H groups in total. The van der Waals surface area contributed by atoms with Crippen molar-refractivity contribution in [3.05, 3.63) is 65.4 Å². The normalized spacial score (nSPS) is 12.0. The third kappa shape index (κ3) is 4.02. The maximum absolute atomic E-state index is 13.8. The predicted octanol–water partition coefficient (Wildman–Crippen LogP) is 2.47. The van der Waals surface area contributed by atoms with Gasteiger partial charge in [-0.2, -0.15) is 10.2 Å². The molecule has 9 heteroatoms. The number of aryl methyl sites for hydroxylation is 1. The molecule has 1 unspecified atom stereocenters. The molecular formula is C18H18FN5O3. The number of nitrogens with one attached hydrogen (secondary N) is 1. The smallest absolute Gasteiger partial charge is 0.356 e. The van der Waals surface area contributed by atoms with E-state index in [4.69, 9.17) is 5.11 Å². The Balaban J connectivity index is 1.71. The third-order valence-electron chi connectivity index (χ3n) is 4.11. The van der Waals surface area contributed by atoms with Gasteiger partial charge >= 0.3 is 5.97 Å². The van der Waals surface area contributed by atoms with Crippen LogP contribution in [-0.2, 0) is 11.3 Å². The van der Waals surface area contributed by atoms with Crippen LogP contribution in [0, 0.1) is 12.7 Å². The molecule has 0 saturated carbocycles. The summed E-state index contributed by atoms with van der Waals surface area (Å²) in [5.41, 5.74) is 1.11. The number of aromatic nitrogens is 4. The van der Waals surface area contributed by atoms with E-state index in [0.29, 0.717) is 11.4 Å². The number of anilines is 1. The first-order chi connectivity index (χ1) is 12.8. The highest BCUT2D eigenvalue weighted by Crippen LogP contribution is 2.15. The van der Waals surface area contributed by atoms with Crippen LogP contribution < -0.4 is 5.32 Å². The highest BCUT2D eigenvalue weighted by atomic mass is 19.1. The van der Waals surface area contributed by atoms with Gasteiger partial charge in [0.2, 0.25) is 5.91 Å². The van der Waals surface area contributed by atoms with Crippen molar-refractivity contribution >= 4 is 17.7 Å². The second kappa shape index (κ2) is 7.40. The summed E-state index contributed by atoms with van der Waals surface area (Å²) in [5, 5.41) is 19.7. The van der Waals surface area contributed by atoms with Gasteiger partial charge in [-0.25, -0.2) is 9.18 Å². The number of benzene rings is 1. The van der Waals surface area contributed by atoms with Gasteiger partial charge in [0.05, 0.1) is 6.54 Å². The minimum absolute atomic E-state index is 0.139. The maximum atomic E-state index is 13.8. The van der Waals surface area contributed by atoms with Gasteiger partial charge in [-0.15, -0.1) is 0 Å². The average molecular weight is 371 g/mol. The summed E-state index contributed by atoms with van der Waals surface area (Å²) < 4.78 is 16.7. The Labute approximate surface area is 154 Å². The predicted molar refractivity (Wildman–Crippen MR) is 95.0 cm³/mol. The van der Waals surface area contributed by atoms with Crippen molar-refractivity contribution in [1.82, 2.24) is 19.6 Å². The average Bonchev–Trinajstić information content (AvgIpc) is 3.24. The fraction of sp³-hybridized carbons (Fsp3) is 0.222. The standard InChI is InChI=1S/C18H18FN5O3/c1-11-9-16(22-24(11)10-13-5-3-4-6-14(13)19)20-17(25)12(2)23-8-7-15(21-23)18(26)27/h3-9,12H,10H2,1-2H3,(H,26,27)(H,20,22,25). The molecule has 27 heavy (non-hydrogen) atoms. The van der Waals surface area contributed by atoms with E-state index in [1.165, 1.54) is 23.0 Å². The monoisotopic (exact) mass is 371 g/mol. The number of carboxylic acid groups (broad SMARTS) is 1. The number of aromatic carboxylic acids is 1. The summed E-state index contributed by atoms with van der Waals surface area (Å²) in [6.07, 6.45) is 1.43. The number of carboxylic acids is 1. The second-order valence-electron chi connectivity index (χ2n) is 6.07. The summed E-state index contributed by atoms with van der Waals surface area (Å²) in [5.74, 6) is -1.56. The van der Waals surface area contributed by atoms with Gasteiger partial charge in [0.1, 0.15) is 11.9 Å². The van der Waals surface area contributed by atoms with E-state index in [-0.39, 0.29) is 18.1 Å². The van der Waals surface area contributed by atoms with Crippen LogP contribution in [0.3, 0.4) is 0 Å². The number of rotatable bonds is 6. The molecule has 3 rings (SSSR count). The maximum Gasteiger partial charge on any atom is 0.356 e. The summed E-state index contributed by atoms with van der Waals surface area (Å²) in [4.78, 5) is 23.3. The number of nitrogens with zero attached hydrogens (tertiary/aromatic N) is 4. The molecule has 2 aromatic heterocycles. The number of carbonyl (C=O) groups is 2. The van der Waals surface area contributed by atoms with E-state index < -0.39 is 17.9 Å². The van der Waals surface area contributed by atoms with Crippen LogP contribution in [0.2, 0.25) is 0 Å². The molecule has 0 fully saturated rings. The highest BCUT2D eigenvalue weighted by molar-refractivity contribution is 5.92. The molecular weight excluding hydrogens is 353 g/mol. The van der Waals surface area contributed by atoms with Crippen molar-refractivity contribution in [2.75, 3.05) is 5.32 Å². The SMILES string of the molecule is Cc1cc(NC(=O)C(C)n2ccc(C(=O)O)n2)nn1Cc1ccccc1F. The van der Waals surface area contributed by atoms with Crippen LogP contribution in [0.15, 0.2) is 42.6 Å². The molecule has 0 spiro atoms. The number of carbonyl (C=O) groups excluding carboxylic acids is 1. The van der Waals surface area contributed by atoms with E-state index >= 15 is 0 Å². The molecule has 1 aromatic carbocycles. The van der Waals surface area contributed by atoms with Crippen molar-refractivity contribution in [3.8, 4) is 0 Å². The highest BCUT2D eigenvalue weighted by Gasteiger charge is 2.19. The summed E-state index contributed by atoms with van der Waals surface area (Å²) >= 11 is 0. The Morgan fingerprint density at radius 1 is 1.26 bits per heavy atom. The molecule has 0 saturated heterocycles. The molecule has 1 atom stereocenters. The summed E-state index contributed by atoms with van der Waals surface area (Å²) in [6.45, 7) is 3.64. The van der Waals surface area contributed by atoms with Crippen LogP contribution in [0.25, 0.3) is 0 Å². The van der Waals surface area contributed by atoms with E-state index in [9.17, 15) is 14.0 Å². The zero-order chi connectivity index (χ0) is 19.6. The van der Waals surface area contributed by atoms with Crippen LogP contribution in [0.4, 0.5) is 10.2 Å². The van der Waals surface area contributed by atoms with Crippen molar-refractivity contribution in [2.24, 2.45) is 0 Å². The van der Waals surface area contributed by atoms with Crippen molar-refractivity contribution in [1.29, 1.82) is 0 Å². The van der Waals surface area contributed by atoms with E-state index in [0.717, 1.165) is 5.69 Å². The first-order valence-electron chi connectivity index (χ1n) is 8.22. The molecule has 0 aliphatic carbocycles. The fourth-order valence-electron chi connectivity index (χ4n) is 2.54. The van der Waals surface area contributed by atoms with Gasteiger partial charge in [0.25, 0.3) is 0 Å². The van der Waals surface area contributed by atoms with Gasteiger partial charge in [-0.3, -0.25) is 14.2 Å². The Morgan fingerprint density at radius 3 is 2.67 bits per heavy atom. The molecule has 1 amide bonds. The van der Waals surface area contributed by atoms with E-state index in [2.05, 4.69) is 15.5 Å². The molecule has 0 aliphatic heterocycles. The lowest BCUT2D eigenvalue weighted by Crippen LogP contribution is -2.24. The molecule has 0 radical (unpaired) electrons. The van der Waals surface area contributed by atoms with E-state index in [1.54, 1.807) is 42.8 Å². The van der Waals surface area contributed by atoms with Gasteiger partial charge in [0.15, 0.2) is 11.5 Å². The molecule has 0 aliphatic rings. The fourth-order valence-corrected chi connectivity index (χ4v) is 2.54. The van der Waals surface area contributed by atoms with Crippen molar-refractivity contribution in [2.45, 2.75) is 26.4 Å². The topological polar surface area (TPSA) is 102 Å². The lowest BCUT2D eigenvalue weighted by atomic mass is 10.2. The molecule has 8 nitrogen and oxygen atoms in total. The lowest BCUT2D eigenvalue weighted by molar-refractivity contribution is -0.119. The first-order valence-corrected chi connectivity index (χ1v) is 8.22. The third-order valence-corrected chi connectivity index (χ3v) is 4.11. The zero-order valence-corrected chi connectivity index (χ0v) is 14.8. The largest absolute Gasteiger partial charge is 0.476 e. The first kappa shape index (κ1) is 18.3. The Morgan fingerprint density at radius 2 is 2.00 bits per heavy atom. The lowest BCUT2D eigenvalue weighted by Gasteiger charge is -2.11. The quantitative estimate of drug-likeness (QED) is 0.693. The van der Waals surface area contributed by atoms with Crippen molar-refractivity contribution in [3.63, 3.8) is 0 Å². The minimum Gasteiger partial charge on any atom is -0.476 e. The summed E-state index contributed by atoms with van der Waals surface area (Å²) in [7, 11) is 0. The van der Waals surface area contributed by atoms with Crippen LogP contribution >= 0.6 is 0 Å². The van der Waals surface area contributed by atoms with Gasteiger partial charge in [-0.05, 0) is 26.0 Å². The molecule has 0 bridgehead atoms. The number of halogens is 1. The van der Waals surface area contributed by atoms with Gasteiger partial charge < -0.3 is 10.4 Å². The number of hydrogen-bond donors (Lipinski definition) is 2. The summed E-state index contributed by atoms with van der Waals surface area (Å²) in [6, 6.07) is 8.69. The van der Waals surface area contributed by atoms with Crippen molar-refractivity contribution < 1.29 is 19.1 Å². The van der Waals surface area contributed by atoms with Crippen LogP contribution in [0.1, 0.15) is 34.7 Å². The van der Waals surface area contributed by atoms with Gasteiger partial charge in [0, 0.05) is 23.5 Å². The molecule has 3 aromatic rings. The zero-order valence-electron chi connectivity index (χ0n) is 14.8. The van der Waals surface area contributed by atoms with E-state index in [1.807, 2.05) is 0 Å². The number of hydrogen-bond acceptors (Lipinski definition) is 4. The van der Waals surface area contributed by atoms with Crippen LogP contribution in [-0.4, -0.2) is 36.5 Å². The minimum atomic E-state index is -1.16. The molecule has 140 valence electrons.